The number of carbonyl (C=O) groups excluding carboxylic acids is 2. The van der Waals surface area contributed by atoms with Crippen molar-refractivity contribution in [3.8, 4) is 11.5 Å². The van der Waals surface area contributed by atoms with Gasteiger partial charge in [-0.05, 0) is 30.5 Å². The van der Waals surface area contributed by atoms with E-state index in [0.29, 0.717) is 17.2 Å². The van der Waals surface area contributed by atoms with Crippen LogP contribution < -0.4 is 19.5 Å². The van der Waals surface area contributed by atoms with Gasteiger partial charge in [0.15, 0.2) is 0 Å². The molecule has 13 heteroatoms. The van der Waals surface area contributed by atoms with E-state index in [0.717, 1.165) is 11.3 Å². The van der Waals surface area contributed by atoms with Gasteiger partial charge in [0.25, 0.3) is 15.9 Å². The van der Waals surface area contributed by atoms with Gasteiger partial charge in [-0.1, -0.05) is 16.8 Å². The van der Waals surface area contributed by atoms with Crippen LogP contribution in [0.15, 0.2) is 39.1 Å². The Hall–Kier alpha value is -3.09. The highest BCUT2D eigenvalue weighted by atomic mass is 35.5. The molecule has 0 spiro atoms. The van der Waals surface area contributed by atoms with Crippen LogP contribution in [-0.4, -0.2) is 39.6 Å². The van der Waals surface area contributed by atoms with E-state index in [9.17, 15) is 18.0 Å². The molecule has 0 saturated heterocycles. The minimum atomic E-state index is -4.41. The topological polar surface area (TPSA) is 137 Å². The zero-order valence-corrected chi connectivity index (χ0v) is 18.8. The van der Waals surface area contributed by atoms with E-state index in [1.54, 1.807) is 18.2 Å². The largest absolute Gasteiger partial charge is 0.497 e. The summed E-state index contributed by atoms with van der Waals surface area (Å²) in [5, 5.41) is 7.39. The van der Waals surface area contributed by atoms with Crippen LogP contribution >= 0.6 is 22.9 Å². The fourth-order valence-electron chi connectivity index (χ4n) is 2.48. The highest BCUT2D eigenvalue weighted by Crippen LogP contribution is 2.31. The molecule has 10 nitrogen and oxygen atoms in total. The minimum Gasteiger partial charge on any atom is -0.497 e. The summed E-state index contributed by atoms with van der Waals surface area (Å²) in [5.74, 6) is -1.44. The summed E-state index contributed by atoms with van der Waals surface area (Å²) in [6.45, 7) is 1.49. The van der Waals surface area contributed by atoms with Crippen molar-refractivity contribution in [3.63, 3.8) is 0 Å². The lowest BCUT2D eigenvalue weighted by atomic mass is 10.2. The second kappa shape index (κ2) is 8.96. The van der Waals surface area contributed by atoms with Gasteiger partial charge in [0.05, 0.1) is 25.6 Å². The molecule has 0 aliphatic carbocycles. The first-order chi connectivity index (χ1) is 14.7. The first kappa shape index (κ1) is 22.6. The number of carbonyl (C=O) groups is 2. The number of amides is 2. The van der Waals surface area contributed by atoms with E-state index in [1.807, 2.05) is 4.72 Å². The van der Waals surface area contributed by atoms with Crippen LogP contribution in [0.1, 0.15) is 25.9 Å². The number of hydrogen-bond acceptors (Lipinski definition) is 9. The van der Waals surface area contributed by atoms with Gasteiger partial charge in [0.2, 0.25) is 5.76 Å². The van der Waals surface area contributed by atoms with Gasteiger partial charge in [-0.25, -0.2) is 13.1 Å². The first-order valence-electron chi connectivity index (χ1n) is 8.47. The molecule has 0 bridgehead atoms. The van der Waals surface area contributed by atoms with Crippen molar-refractivity contribution in [2.24, 2.45) is 0 Å². The Balaban J connectivity index is 1.85. The van der Waals surface area contributed by atoms with Crippen LogP contribution in [0.5, 0.6) is 11.5 Å². The summed E-state index contributed by atoms with van der Waals surface area (Å²) in [6.07, 6.45) is 0. The lowest BCUT2D eigenvalue weighted by molar-refractivity contribution is 0.0944. The van der Waals surface area contributed by atoms with E-state index in [-0.39, 0.29) is 20.5 Å². The second-order valence-electron chi connectivity index (χ2n) is 5.98. The number of rotatable bonds is 7. The summed E-state index contributed by atoms with van der Waals surface area (Å²) in [7, 11) is -1.52. The number of hydrogen-bond donors (Lipinski definition) is 2. The van der Waals surface area contributed by atoms with Gasteiger partial charge in [-0.2, -0.15) is 0 Å². The Kier molecular flexibility index (Phi) is 6.53. The molecular formula is C18H16ClN3O7S2. The number of nitrogens with one attached hydrogen (secondary N) is 2. The molecule has 164 valence electrons. The smallest absolute Gasteiger partial charge is 0.305 e. The van der Waals surface area contributed by atoms with Crippen LogP contribution in [0.25, 0.3) is 0 Å². The molecule has 0 unspecified atom stereocenters. The Morgan fingerprint density at radius 2 is 1.90 bits per heavy atom. The van der Waals surface area contributed by atoms with Crippen molar-refractivity contribution in [1.82, 2.24) is 9.88 Å². The zero-order valence-electron chi connectivity index (χ0n) is 16.4. The third kappa shape index (κ3) is 4.65. The van der Waals surface area contributed by atoms with Gasteiger partial charge < -0.3 is 19.3 Å². The van der Waals surface area contributed by atoms with E-state index >= 15 is 0 Å². The Bertz CT molecular complexity index is 1250. The van der Waals surface area contributed by atoms with Crippen LogP contribution in [-0.2, 0) is 10.0 Å². The van der Waals surface area contributed by atoms with Crippen molar-refractivity contribution in [3.05, 3.63) is 51.0 Å². The molecule has 3 aromatic rings. The number of ether oxygens (including phenoxy) is 2. The van der Waals surface area contributed by atoms with Gasteiger partial charge in [-0.15, -0.1) is 11.3 Å². The molecule has 0 aliphatic heterocycles. The molecule has 0 radical (unpaired) electrons. The third-order valence-electron chi connectivity index (χ3n) is 4.01. The van der Waals surface area contributed by atoms with Crippen molar-refractivity contribution < 1.29 is 32.0 Å². The highest BCUT2D eigenvalue weighted by molar-refractivity contribution is 7.90. The molecule has 0 saturated carbocycles. The molecule has 3 rings (SSSR count). The predicted octanol–water partition coefficient (Wildman–Crippen LogP) is 3.09. The maximum Gasteiger partial charge on any atom is 0.305 e. The first-order valence-corrected chi connectivity index (χ1v) is 11.2. The number of halogens is 1. The zero-order chi connectivity index (χ0) is 22.8. The van der Waals surface area contributed by atoms with E-state index < -0.39 is 27.6 Å². The third-order valence-corrected chi connectivity index (χ3v) is 6.87. The lowest BCUT2D eigenvalue weighted by Crippen LogP contribution is -2.31. The van der Waals surface area contributed by atoms with Crippen molar-refractivity contribution >= 4 is 50.5 Å². The van der Waals surface area contributed by atoms with Gasteiger partial charge >= 0.3 is 5.91 Å². The average molecular weight is 486 g/mol. The Labute approximate surface area is 186 Å². The van der Waals surface area contributed by atoms with Gasteiger partial charge in [0.1, 0.15) is 26.3 Å². The van der Waals surface area contributed by atoms with Crippen LogP contribution in [0.3, 0.4) is 0 Å². The predicted molar refractivity (Wildman–Crippen MR) is 113 cm³/mol. The summed E-state index contributed by atoms with van der Waals surface area (Å²) in [5.41, 5.74) is 0.534. The maximum absolute atomic E-state index is 12.8. The summed E-state index contributed by atoms with van der Waals surface area (Å²) in [6, 6.07) is 5.92. The number of methoxy groups -OCH3 is 2. The summed E-state index contributed by atoms with van der Waals surface area (Å²) >= 11 is 6.77. The number of sulfonamides is 1. The molecule has 0 aliphatic rings. The maximum atomic E-state index is 12.8. The standard InChI is InChI=1S/C18H16ClN3O7S2/c1-9-14(19)15(29-21-9)17(23)22-31(25,26)13-6-7-30-16(13)18(24)20-11-5-4-10(27-2)8-12(11)28-3/h4-8H,1-3H3,(H,20,24)(H,22,23). The normalized spacial score (nSPS) is 11.1. The molecular weight excluding hydrogens is 470 g/mol. The van der Waals surface area contributed by atoms with Crippen molar-refractivity contribution in [1.29, 1.82) is 0 Å². The SMILES string of the molecule is COc1ccc(NC(=O)c2sccc2S(=O)(=O)NC(=O)c2onc(C)c2Cl)c(OC)c1. The molecule has 2 aromatic heterocycles. The Morgan fingerprint density at radius 1 is 1.16 bits per heavy atom. The van der Waals surface area contributed by atoms with E-state index in [2.05, 4.69) is 10.5 Å². The molecule has 31 heavy (non-hydrogen) atoms. The number of benzene rings is 1. The fourth-order valence-corrected chi connectivity index (χ4v) is 4.91. The van der Waals surface area contributed by atoms with Gasteiger partial charge in [-0.3, -0.25) is 9.59 Å². The Morgan fingerprint density at radius 3 is 2.52 bits per heavy atom. The number of aryl methyl sites for hydroxylation is 1. The summed E-state index contributed by atoms with van der Waals surface area (Å²) < 4.78 is 42.4. The van der Waals surface area contributed by atoms with Crippen LogP contribution in [0.2, 0.25) is 5.02 Å². The van der Waals surface area contributed by atoms with Crippen molar-refractivity contribution in [2.75, 3.05) is 19.5 Å². The number of thiophene rings is 1. The average Bonchev–Trinajstić information content (AvgIpc) is 3.36. The quantitative estimate of drug-likeness (QED) is 0.520. The molecule has 0 fully saturated rings. The molecule has 1 aromatic carbocycles. The monoisotopic (exact) mass is 485 g/mol. The fraction of sp³-hybridized carbons (Fsp3) is 0.167. The van der Waals surface area contributed by atoms with Crippen molar-refractivity contribution in [2.45, 2.75) is 11.8 Å². The molecule has 0 atom stereocenters. The lowest BCUT2D eigenvalue weighted by Gasteiger charge is -2.12. The summed E-state index contributed by atoms with van der Waals surface area (Å²) in [4.78, 5) is 24.5. The van der Waals surface area contributed by atoms with E-state index in [4.69, 9.17) is 25.6 Å². The highest BCUT2D eigenvalue weighted by Gasteiger charge is 2.29. The number of aromatic nitrogens is 1. The molecule has 2 amide bonds. The second-order valence-corrected chi connectivity index (χ2v) is 8.92. The molecule has 2 N–H and O–H groups in total. The van der Waals surface area contributed by atoms with E-state index in [1.165, 1.54) is 32.6 Å². The van der Waals surface area contributed by atoms with Crippen LogP contribution in [0.4, 0.5) is 5.69 Å². The number of nitrogens with zero attached hydrogens (tertiary/aromatic N) is 1. The van der Waals surface area contributed by atoms with Gasteiger partial charge in [0, 0.05) is 6.07 Å². The molecule has 2 heterocycles. The number of anilines is 1. The van der Waals surface area contributed by atoms with Crippen LogP contribution in [0, 0.1) is 6.92 Å². The minimum absolute atomic E-state index is 0.109.